The maximum Gasteiger partial charge on any atom is 0.323 e. The van der Waals surface area contributed by atoms with Crippen LogP contribution in [0.2, 0.25) is 0 Å². The highest BCUT2D eigenvalue weighted by Gasteiger charge is 2.43. The first-order valence-corrected chi connectivity index (χ1v) is 6.73. The molecule has 1 unspecified atom stereocenters. The van der Waals surface area contributed by atoms with E-state index in [1.165, 1.54) is 0 Å². The molecule has 1 aromatic carbocycles. The van der Waals surface area contributed by atoms with E-state index < -0.39 is 37.5 Å². The molecule has 0 amide bonds. The molecule has 0 radical (unpaired) electrons. The topological polar surface area (TPSA) is 55.4 Å². The van der Waals surface area contributed by atoms with Gasteiger partial charge in [-0.15, -0.1) is 0 Å². The summed E-state index contributed by atoms with van der Waals surface area (Å²) in [6, 6.07) is 5.50. The Kier molecular flexibility index (Phi) is 4.49. The van der Waals surface area contributed by atoms with Gasteiger partial charge in [0.2, 0.25) is 0 Å². The molecule has 1 heterocycles. The lowest BCUT2D eigenvalue weighted by molar-refractivity contribution is -0.145. The van der Waals surface area contributed by atoms with Gasteiger partial charge in [0.05, 0.1) is 6.54 Å². The second kappa shape index (κ2) is 5.97. The fourth-order valence-electron chi connectivity index (χ4n) is 1.84. The maximum atomic E-state index is 12.9. The lowest BCUT2D eigenvalue weighted by atomic mass is 10.1. The molecular weight excluding hydrogens is 336 g/mol. The van der Waals surface area contributed by atoms with Crippen molar-refractivity contribution in [3.63, 3.8) is 0 Å². The average molecular weight is 348 g/mol. The number of halogens is 3. The average Bonchev–Trinajstić information content (AvgIpc) is 2.77. The van der Waals surface area contributed by atoms with Crippen LogP contribution in [0.5, 0.6) is 0 Å². The van der Waals surface area contributed by atoms with Crippen LogP contribution < -0.4 is 5.32 Å². The second-order valence-corrected chi connectivity index (χ2v) is 5.45. The van der Waals surface area contributed by atoms with Crippen LogP contribution in [0, 0.1) is 0 Å². The summed E-state index contributed by atoms with van der Waals surface area (Å²) in [5.74, 6) is -4.11. The molecule has 1 saturated heterocycles. The van der Waals surface area contributed by atoms with E-state index in [9.17, 15) is 18.4 Å². The molecule has 0 aliphatic carbocycles. The Morgan fingerprint density at radius 1 is 1.35 bits per heavy atom. The highest BCUT2D eigenvalue weighted by atomic mass is 79.9. The minimum atomic E-state index is -2.90. The summed E-state index contributed by atoms with van der Waals surface area (Å²) >= 11 is 3.24. The number of esters is 1. The van der Waals surface area contributed by atoms with Crippen molar-refractivity contribution in [2.75, 3.05) is 13.2 Å². The summed E-state index contributed by atoms with van der Waals surface area (Å²) in [6.07, 6.45) is -0.599. The third-order valence-electron chi connectivity index (χ3n) is 2.91. The third kappa shape index (κ3) is 3.83. The summed E-state index contributed by atoms with van der Waals surface area (Å²) in [6.45, 7) is -1.00. The predicted molar refractivity (Wildman–Crippen MR) is 70.8 cm³/mol. The summed E-state index contributed by atoms with van der Waals surface area (Å²) in [4.78, 5) is 23.3. The number of benzene rings is 1. The molecule has 0 spiro atoms. The van der Waals surface area contributed by atoms with E-state index in [4.69, 9.17) is 4.74 Å². The number of ether oxygens (including phenoxy) is 1. The summed E-state index contributed by atoms with van der Waals surface area (Å²) in [7, 11) is 0. The van der Waals surface area contributed by atoms with Gasteiger partial charge in [0, 0.05) is 16.5 Å². The molecule has 108 valence electrons. The van der Waals surface area contributed by atoms with Crippen LogP contribution in [-0.4, -0.2) is 36.9 Å². The van der Waals surface area contributed by atoms with E-state index in [1.807, 2.05) is 0 Å². The summed E-state index contributed by atoms with van der Waals surface area (Å²) < 4.78 is 31.4. The van der Waals surface area contributed by atoms with E-state index in [1.54, 1.807) is 24.3 Å². The largest absolute Gasteiger partial charge is 0.456 e. The Morgan fingerprint density at radius 3 is 2.55 bits per heavy atom. The number of Topliss-reactive ketones (excluding diaryl/α,β-unsaturated/α-hetero) is 1. The fraction of sp³-hybridized carbons (Fsp3) is 0.385. The fourth-order valence-corrected chi connectivity index (χ4v) is 2.10. The number of ketones is 1. The molecule has 7 heteroatoms. The van der Waals surface area contributed by atoms with Crippen LogP contribution >= 0.6 is 15.9 Å². The van der Waals surface area contributed by atoms with Crippen LogP contribution in [0.4, 0.5) is 8.78 Å². The van der Waals surface area contributed by atoms with Crippen molar-refractivity contribution in [1.29, 1.82) is 0 Å². The molecule has 1 fully saturated rings. The smallest absolute Gasteiger partial charge is 0.323 e. The molecule has 1 N–H and O–H groups in total. The monoisotopic (exact) mass is 347 g/mol. The van der Waals surface area contributed by atoms with E-state index in [-0.39, 0.29) is 5.78 Å². The molecule has 2 rings (SSSR count). The van der Waals surface area contributed by atoms with Gasteiger partial charge in [-0.3, -0.25) is 14.9 Å². The van der Waals surface area contributed by atoms with Crippen LogP contribution in [0.25, 0.3) is 0 Å². The van der Waals surface area contributed by atoms with Gasteiger partial charge in [-0.25, -0.2) is 8.78 Å². The Balaban J connectivity index is 1.84. The maximum absolute atomic E-state index is 12.9. The Labute approximate surface area is 122 Å². The quantitative estimate of drug-likeness (QED) is 0.669. The van der Waals surface area contributed by atoms with Gasteiger partial charge in [-0.05, 0) is 12.1 Å². The standard InChI is InChI=1S/C13H12BrF2NO3/c14-9-3-1-8(2-4-9)11(18)6-20-12(19)10-5-13(15,16)7-17-10/h1-4,10,17H,5-7H2. The first-order chi connectivity index (χ1) is 9.37. The Bertz CT molecular complexity index is 519. The lowest BCUT2D eigenvalue weighted by Gasteiger charge is -2.10. The van der Waals surface area contributed by atoms with Crippen molar-refractivity contribution in [3.8, 4) is 0 Å². The second-order valence-electron chi connectivity index (χ2n) is 4.53. The van der Waals surface area contributed by atoms with Crippen LogP contribution in [0.1, 0.15) is 16.8 Å². The zero-order valence-electron chi connectivity index (χ0n) is 10.4. The van der Waals surface area contributed by atoms with E-state index >= 15 is 0 Å². The molecule has 1 aromatic rings. The number of carbonyl (C=O) groups is 2. The highest BCUT2D eigenvalue weighted by Crippen LogP contribution is 2.25. The number of rotatable bonds is 4. The third-order valence-corrected chi connectivity index (χ3v) is 3.43. The van der Waals surface area contributed by atoms with Crippen LogP contribution in [-0.2, 0) is 9.53 Å². The number of hydrogen-bond donors (Lipinski definition) is 1. The SMILES string of the molecule is O=C(COC(=O)C1CC(F)(F)CN1)c1ccc(Br)cc1. The van der Waals surface area contributed by atoms with Gasteiger partial charge in [-0.2, -0.15) is 0 Å². The molecule has 20 heavy (non-hydrogen) atoms. The number of alkyl halides is 2. The molecule has 4 nitrogen and oxygen atoms in total. The van der Waals surface area contributed by atoms with Gasteiger partial charge in [-0.1, -0.05) is 28.1 Å². The minimum absolute atomic E-state index is 0.379. The van der Waals surface area contributed by atoms with Gasteiger partial charge < -0.3 is 4.74 Å². The molecule has 1 atom stereocenters. The molecule has 0 saturated carbocycles. The molecule has 1 aliphatic rings. The van der Waals surface area contributed by atoms with Crippen molar-refractivity contribution in [3.05, 3.63) is 34.3 Å². The summed E-state index contributed by atoms with van der Waals surface area (Å²) in [5.41, 5.74) is 0.394. The predicted octanol–water partition coefficient (Wildman–Crippen LogP) is 2.17. The van der Waals surface area contributed by atoms with Gasteiger partial charge in [0.15, 0.2) is 12.4 Å². The van der Waals surface area contributed by atoms with Crippen molar-refractivity contribution in [2.45, 2.75) is 18.4 Å². The molecule has 0 aromatic heterocycles. The van der Waals surface area contributed by atoms with Crippen molar-refractivity contribution < 1.29 is 23.1 Å². The minimum Gasteiger partial charge on any atom is -0.456 e. The molecule has 1 aliphatic heterocycles. The number of carbonyl (C=O) groups excluding carboxylic acids is 2. The number of nitrogens with one attached hydrogen (secondary N) is 1. The van der Waals surface area contributed by atoms with Crippen molar-refractivity contribution in [2.24, 2.45) is 0 Å². The van der Waals surface area contributed by atoms with Crippen LogP contribution in [0.3, 0.4) is 0 Å². The van der Waals surface area contributed by atoms with Crippen LogP contribution in [0.15, 0.2) is 28.7 Å². The molecular formula is C13H12BrF2NO3. The summed E-state index contributed by atoms with van der Waals surface area (Å²) in [5, 5.41) is 2.38. The van der Waals surface area contributed by atoms with Crippen molar-refractivity contribution in [1.82, 2.24) is 5.32 Å². The Hall–Kier alpha value is -1.34. The van der Waals surface area contributed by atoms with E-state index in [2.05, 4.69) is 21.2 Å². The van der Waals surface area contributed by atoms with Crippen molar-refractivity contribution >= 4 is 27.7 Å². The molecule has 0 bridgehead atoms. The van der Waals surface area contributed by atoms with E-state index in [0.29, 0.717) is 5.56 Å². The normalized spacial score (nSPS) is 20.6. The zero-order valence-corrected chi connectivity index (χ0v) is 12.0. The first kappa shape index (κ1) is 15.1. The number of hydrogen-bond acceptors (Lipinski definition) is 4. The first-order valence-electron chi connectivity index (χ1n) is 5.94. The van der Waals surface area contributed by atoms with Gasteiger partial charge in [0.25, 0.3) is 5.92 Å². The van der Waals surface area contributed by atoms with E-state index in [0.717, 1.165) is 4.47 Å². The lowest BCUT2D eigenvalue weighted by Crippen LogP contribution is -2.33. The highest BCUT2D eigenvalue weighted by molar-refractivity contribution is 9.10. The Morgan fingerprint density at radius 2 is 2.00 bits per heavy atom. The van der Waals surface area contributed by atoms with Gasteiger partial charge >= 0.3 is 5.97 Å². The zero-order chi connectivity index (χ0) is 14.8. The van der Waals surface area contributed by atoms with Gasteiger partial charge in [0.1, 0.15) is 6.04 Å².